The smallest absolute Gasteiger partial charge is 0.208 e. The number of aromatic nitrogens is 1. The highest BCUT2D eigenvalue weighted by atomic mass is 31.0. The molecule has 0 aliphatic heterocycles. The minimum absolute atomic E-state index is 0.844. The van der Waals surface area contributed by atoms with Gasteiger partial charge < -0.3 is 0 Å². The standard InChI is InChI=1S/C7H6NP/c1-2-4-7-6(3-1)8-5-9-7/h1-5,9H/p+1. The molecule has 0 radical (unpaired) electrons. The third-order valence-electron chi connectivity index (χ3n) is 1.38. The van der Waals surface area contributed by atoms with Crippen LogP contribution in [-0.2, 0) is 0 Å². The van der Waals surface area contributed by atoms with E-state index in [9.17, 15) is 0 Å². The van der Waals surface area contributed by atoms with Gasteiger partial charge >= 0.3 is 0 Å². The van der Waals surface area contributed by atoms with Crippen molar-refractivity contribution in [1.82, 2.24) is 0 Å². The van der Waals surface area contributed by atoms with Crippen molar-refractivity contribution in [3.8, 4) is 0 Å². The molecular formula is C7H7NP+. The predicted octanol–water partition coefficient (Wildman–Crippen LogP) is 1.69. The van der Waals surface area contributed by atoms with Crippen molar-refractivity contribution >= 4 is 18.8 Å². The van der Waals surface area contributed by atoms with Crippen molar-refractivity contribution in [1.29, 1.82) is 0 Å². The summed E-state index contributed by atoms with van der Waals surface area (Å²) < 4.78 is 0. The van der Waals surface area contributed by atoms with E-state index in [1.165, 1.54) is 10.6 Å². The summed E-state index contributed by atoms with van der Waals surface area (Å²) >= 11 is 0. The van der Waals surface area contributed by atoms with Gasteiger partial charge in [0.2, 0.25) is 5.52 Å². The normalized spacial score (nSPS) is 11.1. The van der Waals surface area contributed by atoms with E-state index in [0.29, 0.717) is 0 Å². The number of benzene rings is 1. The molecule has 1 heterocycles. The van der Waals surface area contributed by atoms with E-state index in [-0.39, 0.29) is 0 Å². The number of para-hydroxylation sites is 1. The Hall–Kier alpha value is -0.810. The van der Waals surface area contributed by atoms with Gasteiger partial charge in [-0.05, 0) is 6.07 Å². The van der Waals surface area contributed by atoms with Crippen molar-refractivity contribution in [3.05, 3.63) is 30.2 Å². The summed E-state index contributed by atoms with van der Waals surface area (Å²) in [5.74, 6) is 2.10. The lowest BCUT2D eigenvalue weighted by Crippen LogP contribution is -1.92. The quantitative estimate of drug-likeness (QED) is 0.523. The van der Waals surface area contributed by atoms with E-state index < -0.39 is 0 Å². The topological polar surface area (TPSA) is 14.1 Å². The summed E-state index contributed by atoms with van der Waals surface area (Å²) in [6.07, 6.45) is 0. The summed E-state index contributed by atoms with van der Waals surface area (Å²) in [4.78, 5) is 3.19. The lowest BCUT2D eigenvalue weighted by Gasteiger charge is -1.76. The molecule has 1 aromatic heterocycles. The minimum atomic E-state index is 0.844. The Balaban J connectivity index is 2.95. The Morgan fingerprint density at radius 1 is 1.22 bits per heavy atom. The van der Waals surface area contributed by atoms with Crippen LogP contribution in [0.1, 0.15) is 0 Å². The van der Waals surface area contributed by atoms with Crippen molar-refractivity contribution in [3.63, 3.8) is 0 Å². The number of fused-ring (bicyclic) bond motifs is 1. The fraction of sp³-hybridized carbons (Fsp3) is 0. The van der Waals surface area contributed by atoms with Crippen LogP contribution in [0.2, 0.25) is 0 Å². The molecule has 1 atom stereocenters. The van der Waals surface area contributed by atoms with Gasteiger partial charge in [0.15, 0.2) is 5.93 Å². The van der Waals surface area contributed by atoms with Crippen LogP contribution in [0.4, 0.5) is 0 Å². The van der Waals surface area contributed by atoms with Gasteiger partial charge in [-0.15, -0.1) is 0 Å². The largest absolute Gasteiger partial charge is 0.214 e. The highest BCUT2D eigenvalue weighted by molar-refractivity contribution is 7.35. The highest BCUT2D eigenvalue weighted by Crippen LogP contribution is 2.17. The molecule has 0 aliphatic carbocycles. The van der Waals surface area contributed by atoms with Crippen LogP contribution < -0.4 is 4.98 Å². The average Bonchev–Trinajstić information content (AvgIpc) is 2.33. The zero-order chi connectivity index (χ0) is 6.10. The second-order valence-electron chi connectivity index (χ2n) is 1.98. The van der Waals surface area contributed by atoms with Gasteiger partial charge in [0, 0.05) is 6.07 Å². The van der Waals surface area contributed by atoms with Gasteiger partial charge in [-0.3, -0.25) is 0 Å². The Morgan fingerprint density at radius 2 is 2.11 bits per heavy atom. The summed E-state index contributed by atoms with van der Waals surface area (Å²) in [5.41, 5.74) is 1.27. The Bertz CT molecular complexity index is 283. The zero-order valence-electron chi connectivity index (χ0n) is 4.89. The number of nitrogens with one attached hydrogen (secondary N) is 1. The maximum Gasteiger partial charge on any atom is 0.214 e. The van der Waals surface area contributed by atoms with Crippen LogP contribution in [-0.4, -0.2) is 0 Å². The molecule has 1 N–H and O–H groups in total. The summed E-state index contributed by atoms with van der Waals surface area (Å²) in [6, 6.07) is 8.39. The van der Waals surface area contributed by atoms with Crippen molar-refractivity contribution in [2.24, 2.45) is 0 Å². The molecule has 0 fully saturated rings. The number of H-pyrrole nitrogens is 1. The molecule has 0 amide bonds. The second-order valence-corrected chi connectivity index (χ2v) is 3.09. The third-order valence-corrected chi connectivity index (χ3v) is 2.42. The lowest BCUT2D eigenvalue weighted by molar-refractivity contribution is -0.337. The molecule has 1 nitrogen and oxygen atoms in total. The summed E-state index contributed by atoms with van der Waals surface area (Å²) in [5, 5.41) is 1.43. The van der Waals surface area contributed by atoms with E-state index in [2.05, 4.69) is 35.2 Å². The average molecular weight is 136 g/mol. The van der Waals surface area contributed by atoms with E-state index >= 15 is 0 Å². The highest BCUT2D eigenvalue weighted by Gasteiger charge is 1.95. The van der Waals surface area contributed by atoms with Crippen LogP contribution in [0.25, 0.3) is 10.6 Å². The SMILES string of the molecule is c1ccc2[pH]c[nH+]c2c1. The van der Waals surface area contributed by atoms with Crippen LogP contribution in [0.3, 0.4) is 0 Å². The predicted molar refractivity (Wildman–Crippen MR) is 40.0 cm³/mol. The number of hydrogen-bond acceptors (Lipinski definition) is 0. The first kappa shape index (κ1) is 5.01. The Morgan fingerprint density at radius 3 is 3.00 bits per heavy atom. The van der Waals surface area contributed by atoms with Crippen molar-refractivity contribution in [2.75, 3.05) is 0 Å². The number of hydrogen-bond donors (Lipinski definition) is 0. The summed E-state index contributed by atoms with van der Waals surface area (Å²) in [7, 11) is 0.844. The molecule has 2 heteroatoms. The first-order valence-electron chi connectivity index (χ1n) is 2.90. The number of rotatable bonds is 0. The van der Waals surface area contributed by atoms with Gasteiger partial charge in [-0.25, -0.2) is 4.98 Å². The Labute approximate surface area is 54.8 Å². The van der Waals surface area contributed by atoms with E-state index in [4.69, 9.17) is 0 Å². The van der Waals surface area contributed by atoms with Gasteiger partial charge in [0.1, 0.15) is 0 Å². The van der Waals surface area contributed by atoms with E-state index in [1.807, 2.05) is 0 Å². The number of aromatic amines is 1. The minimum Gasteiger partial charge on any atom is -0.208 e. The molecule has 0 aliphatic rings. The molecular weight excluding hydrogens is 129 g/mol. The molecule has 0 bridgehead atoms. The molecule has 2 aromatic rings. The molecule has 0 saturated carbocycles. The molecule has 44 valence electrons. The maximum absolute atomic E-state index is 3.19. The van der Waals surface area contributed by atoms with Crippen LogP contribution >= 0.6 is 8.19 Å². The second kappa shape index (κ2) is 1.85. The van der Waals surface area contributed by atoms with Crippen LogP contribution in [0.15, 0.2) is 30.2 Å². The van der Waals surface area contributed by atoms with Gasteiger partial charge in [-0.1, -0.05) is 20.3 Å². The van der Waals surface area contributed by atoms with Gasteiger partial charge in [-0.2, -0.15) is 0 Å². The monoisotopic (exact) mass is 136 g/mol. The fourth-order valence-electron chi connectivity index (χ4n) is 0.926. The van der Waals surface area contributed by atoms with Crippen LogP contribution in [0.5, 0.6) is 0 Å². The van der Waals surface area contributed by atoms with Crippen LogP contribution in [0, 0.1) is 0 Å². The molecule has 1 aromatic carbocycles. The van der Waals surface area contributed by atoms with Gasteiger partial charge in [0.05, 0.1) is 5.12 Å². The summed E-state index contributed by atoms with van der Waals surface area (Å²) in [6.45, 7) is 0. The third kappa shape index (κ3) is 0.739. The molecule has 1 unspecified atom stereocenters. The lowest BCUT2D eigenvalue weighted by atomic mass is 10.3. The van der Waals surface area contributed by atoms with Crippen molar-refractivity contribution in [2.45, 2.75) is 0 Å². The van der Waals surface area contributed by atoms with E-state index in [0.717, 1.165) is 8.19 Å². The van der Waals surface area contributed by atoms with Crippen molar-refractivity contribution < 1.29 is 4.98 Å². The first-order valence-corrected chi connectivity index (χ1v) is 3.98. The van der Waals surface area contributed by atoms with E-state index in [1.54, 1.807) is 0 Å². The molecule has 0 spiro atoms. The first-order chi connectivity index (χ1) is 4.47. The maximum atomic E-state index is 3.19. The molecule has 2 rings (SSSR count). The molecule has 9 heavy (non-hydrogen) atoms. The zero-order valence-corrected chi connectivity index (χ0v) is 5.89. The van der Waals surface area contributed by atoms with Gasteiger partial charge in [0.25, 0.3) is 0 Å². The fourth-order valence-corrected chi connectivity index (χ4v) is 1.81. The Kier molecular flexibility index (Phi) is 1.03. The molecule has 0 saturated heterocycles.